The number of nitrogens with zero attached hydrogens (tertiary/aromatic N) is 4. The highest BCUT2D eigenvalue weighted by Gasteiger charge is 2.13. The van der Waals surface area contributed by atoms with Gasteiger partial charge in [0.05, 0.1) is 16.1 Å². The molecule has 1 aromatic carbocycles. The maximum absolute atomic E-state index is 10.8. The lowest BCUT2D eigenvalue weighted by Gasteiger charge is -2.01. The van der Waals surface area contributed by atoms with E-state index in [-0.39, 0.29) is 28.5 Å². The van der Waals surface area contributed by atoms with Crippen LogP contribution in [0.5, 0.6) is 5.75 Å². The number of aromatic hydroxyl groups is 1. The molecule has 1 aromatic heterocycles. The molecule has 0 bridgehead atoms. The zero-order valence-electron chi connectivity index (χ0n) is 10.9. The largest absolute Gasteiger partial charge is 0.507 e. The normalized spacial score (nSPS) is 10.5. The lowest BCUT2D eigenvalue weighted by atomic mass is 10.2. The zero-order valence-corrected chi connectivity index (χ0v) is 10.9. The second kappa shape index (κ2) is 6.26. The Morgan fingerprint density at radius 2 is 2.00 bits per heavy atom. The van der Waals surface area contributed by atoms with Crippen LogP contribution in [0.3, 0.4) is 0 Å². The standard InChI is InChI=1S/C12H9N5O5/c18-11-4-3-9(16(19)20)6-8(11)7-14-15-12-10(17(21)22)2-1-5-13-12/h1-7,18H,(H,13,15). The monoisotopic (exact) mass is 303 g/mol. The van der Waals surface area contributed by atoms with Crippen LogP contribution in [-0.4, -0.2) is 26.2 Å². The number of benzene rings is 1. The summed E-state index contributed by atoms with van der Waals surface area (Å²) in [6.07, 6.45) is 2.44. The smallest absolute Gasteiger partial charge is 0.313 e. The number of hydrogen-bond acceptors (Lipinski definition) is 8. The summed E-state index contributed by atoms with van der Waals surface area (Å²) in [5.41, 5.74) is 1.94. The second-order valence-electron chi connectivity index (χ2n) is 4.00. The molecule has 2 rings (SSSR count). The van der Waals surface area contributed by atoms with Gasteiger partial charge in [-0.15, -0.1) is 0 Å². The Morgan fingerprint density at radius 3 is 2.68 bits per heavy atom. The number of phenolic OH excluding ortho intramolecular Hbond substituents is 1. The third-order valence-corrected chi connectivity index (χ3v) is 2.58. The number of hydrogen-bond donors (Lipinski definition) is 2. The summed E-state index contributed by atoms with van der Waals surface area (Å²) in [7, 11) is 0. The Morgan fingerprint density at radius 1 is 1.23 bits per heavy atom. The highest BCUT2D eigenvalue weighted by molar-refractivity contribution is 5.85. The van der Waals surface area contributed by atoms with Crippen molar-refractivity contribution in [1.82, 2.24) is 4.98 Å². The Balaban J connectivity index is 2.22. The maximum Gasteiger partial charge on any atom is 0.313 e. The van der Waals surface area contributed by atoms with Gasteiger partial charge in [-0.05, 0) is 12.1 Å². The molecule has 10 heteroatoms. The van der Waals surface area contributed by atoms with Gasteiger partial charge in [0.1, 0.15) is 5.75 Å². The fourth-order valence-electron chi connectivity index (χ4n) is 1.55. The van der Waals surface area contributed by atoms with Crippen molar-refractivity contribution in [2.24, 2.45) is 5.10 Å². The topological polar surface area (TPSA) is 144 Å². The summed E-state index contributed by atoms with van der Waals surface area (Å²) in [5, 5.41) is 34.7. The van der Waals surface area contributed by atoms with Crippen molar-refractivity contribution < 1.29 is 15.0 Å². The molecule has 1 heterocycles. The molecule has 0 amide bonds. The van der Waals surface area contributed by atoms with Crippen molar-refractivity contribution in [3.63, 3.8) is 0 Å². The molecule has 0 radical (unpaired) electrons. The lowest BCUT2D eigenvalue weighted by Crippen LogP contribution is -1.99. The third-order valence-electron chi connectivity index (χ3n) is 2.58. The number of hydrazone groups is 1. The van der Waals surface area contributed by atoms with Crippen LogP contribution in [0.4, 0.5) is 17.2 Å². The summed E-state index contributed by atoms with van der Waals surface area (Å²) < 4.78 is 0. The van der Waals surface area contributed by atoms with E-state index >= 15 is 0 Å². The zero-order chi connectivity index (χ0) is 16.1. The van der Waals surface area contributed by atoms with Gasteiger partial charge in [-0.1, -0.05) is 0 Å². The second-order valence-corrected chi connectivity index (χ2v) is 4.00. The molecule has 0 fully saturated rings. The van der Waals surface area contributed by atoms with Crippen LogP contribution < -0.4 is 5.43 Å². The Kier molecular flexibility index (Phi) is 4.22. The quantitative estimate of drug-likeness (QED) is 0.488. The van der Waals surface area contributed by atoms with E-state index in [1.165, 1.54) is 18.3 Å². The van der Waals surface area contributed by atoms with Gasteiger partial charge in [0, 0.05) is 30.0 Å². The summed E-state index contributed by atoms with van der Waals surface area (Å²) in [6.45, 7) is 0. The van der Waals surface area contributed by atoms with Gasteiger partial charge in [-0.3, -0.25) is 25.7 Å². The number of phenols is 1. The van der Waals surface area contributed by atoms with Crippen molar-refractivity contribution in [2.75, 3.05) is 5.43 Å². The minimum absolute atomic E-state index is 0.0836. The molecular formula is C12H9N5O5. The molecule has 2 N–H and O–H groups in total. The average molecular weight is 303 g/mol. The van der Waals surface area contributed by atoms with Crippen molar-refractivity contribution in [3.05, 3.63) is 62.3 Å². The molecule has 0 aliphatic heterocycles. The predicted octanol–water partition coefficient (Wildman–Crippen LogP) is 2.05. The predicted molar refractivity (Wildman–Crippen MR) is 76.9 cm³/mol. The van der Waals surface area contributed by atoms with Crippen LogP contribution in [0.15, 0.2) is 41.6 Å². The number of non-ortho nitro benzene ring substituents is 1. The van der Waals surface area contributed by atoms with Gasteiger partial charge in [0.15, 0.2) is 0 Å². The van der Waals surface area contributed by atoms with E-state index < -0.39 is 9.85 Å². The molecule has 0 saturated heterocycles. The number of nitro groups is 2. The van der Waals surface area contributed by atoms with E-state index in [4.69, 9.17) is 0 Å². The molecule has 112 valence electrons. The number of nitro benzene ring substituents is 1. The minimum Gasteiger partial charge on any atom is -0.507 e. The Bertz CT molecular complexity index is 761. The van der Waals surface area contributed by atoms with Crippen molar-refractivity contribution in [1.29, 1.82) is 0 Å². The first-order valence-electron chi connectivity index (χ1n) is 5.85. The fraction of sp³-hybridized carbons (Fsp3) is 0. The van der Waals surface area contributed by atoms with E-state index in [0.717, 1.165) is 24.4 Å². The summed E-state index contributed by atoms with van der Waals surface area (Å²) in [5.74, 6) is -0.305. The Hall–Kier alpha value is -3.56. The van der Waals surface area contributed by atoms with E-state index in [0.29, 0.717) is 0 Å². The van der Waals surface area contributed by atoms with Crippen LogP contribution >= 0.6 is 0 Å². The van der Waals surface area contributed by atoms with Crippen LogP contribution in [-0.2, 0) is 0 Å². The van der Waals surface area contributed by atoms with Gasteiger partial charge in [0.25, 0.3) is 5.69 Å². The van der Waals surface area contributed by atoms with Gasteiger partial charge in [-0.25, -0.2) is 4.98 Å². The van der Waals surface area contributed by atoms with Crippen LogP contribution in [0.2, 0.25) is 0 Å². The number of aromatic nitrogens is 1. The molecule has 0 unspecified atom stereocenters. The van der Waals surface area contributed by atoms with E-state index in [2.05, 4.69) is 15.5 Å². The minimum atomic E-state index is -0.629. The number of rotatable bonds is 5. The van der Waals surface area contributed by atoms with Gasteiger partial charge in [0.2, 0.25) is 5.82 Å². The molecule has 0 saturated carbocycles. The van der Waals surface area contributed by atoms with Gasteiger partial charge >= 0.3 is 5.69 Å². The average Bonchev–Trinajstić information content (AvgIpc) is 2.49. The molecule has 0 atom stereocenters. The van der Waals surface area contributed by atoms with Crippen molar-refractivity contribution in [2.45, 2.75) is 0 Å². The third kappa shape index (κ3) is 3.30. The highest BCUT2D eigenvalue weighted by atomic mass is 16.6. The molecule has 0 aliphatic carbocycles. The van der Waals surface area contributed by atoms with E-state index in [9.17, 15) is 25.3 Å². The summed E-state index contributed by atoms with van der Waals surface area (Å²) in [6, 6.07) is 6.06. The van der Waals surface area contributed by atoms with Crippen molar-refractivity contribution >= 4 is 23.4 Å². The van der Waals surface area contributed by atoms with Crippen LogP contribution in [0.1, 0.15) is 5.56 Å². The molecule has 22 heavy (non-hydrogen) atoms. The maximum atomic E-state index is 10.8. The lowest BCUT2D eigenvalue weighted by molar-refractivity contribution is -0.384. The molecule has 10 nitrogen and oxygen atoms in total. The van der Waals surface area contributed by atoms with Crippen LogP contribution in [0, 0.1) is 20.2 Å². The number of pyridine rings is 1. The molecular weight excluding hydrogens is 294 g/mol. The Labute approximate surface area is 123 Å². The van der Waals surface area contributed by atoms with Gasteiger partial charge in [-0.2, -0.15) is 5.10 Å². The molecule has 0 aliphatic rings. The molecule has 2 aromatic rings. The highest BCUT2D eigenvalue weighted by Crippen LogP contribution is 2.22. The van der Waals surface area contributed by atoms with Crippen molar-refractivity contribution in [3.8, 4) is 5.75 Å². The molecule has 0 spiro atoms. The van der Waals surface area contributed by atoms with Gasteiger partial charge < -0.3 is 5.11 Å². The SMILES string of the molecule is O=[N+]([O-])c1ccc(O)c(C=NNc2ncccc2[N+](=O)[O-])c1. The number of anilines is 1. The van der Waals surface area contributed by atoms with Crippen LogP contribution in [0.25, 0.3) is 0 Å². The summed E-state index contributed by atoms with van der Waals surface area (Å²) >= 11 is 0. The first kappa shape index (κ1) is 14.8. The van der Waals surface area contributed by atoms with E-state index in [1.807, 2.05) is 0 Å². The summed E-state index contributed by atoms with van der Waals surface area (Å²) in [4.78, 5) is 24.0. The first-order valence-corrected chi connectivity index (χ1v) is 5.85. The first-order chi connectivity index (χ1) is 10.5. The van der Waals surface area contributed by atoms with E-state index in [1.54, 1.807) is 0 Å². The number of nitrogens with one attached hydrogen (secondary N) is 1. The fourth-order valence-corrected chi connectivity index (χ4v) is 1.55.